The van der Waals surface area contributed by atoms with Gasteiger partial charge in [0.05, 0.1) is 12.0 Å². The average Bonchev–Trinajstić information content (AvgIpc) is 2.87. The normalized spacial score (nSPS) is 11.7. The number of amides is 1. The molecule has 1 amide bonds. The molecule has 0 fully saturated rings. The van der Waals surface area contributed by atoms with E-state index in [1.54, 1.807) is 11.7 Å². The van der Waals surface area contributed by atoms with Crippen molar-refractivity contribution in [3.8, 4) is 0 Å². The highest BCUT2D eigenvalue weighted by Gasteiger charge is 2.20. The lowest BCUT2D eigenvalue weighted by Crippen LogP contribution is -2.20. The van der Waals surface area contributed by atoms with Gasteiger partial charge in [0.15, 0.2) is 5.15 Å². The van der Waals surface area contributed by atoms with Crippen LogP contribution >= 0.6 is 23.2 Å². The van der Waals surface area contributed by atoms with E-state index in [2.05, 4.69) is 36.2 Å². The monoisotopic (exact) mass is 329 g/mol. The zero-order chi connectivity index (χ0) is 15.8. The Morgan fingerprint density at radius 2 is 2.05 bits per heavy atom. The lowest BCUT2D eigenvalue weighted by Gasteiger charge is -2.13. The number of anilines is 1. The van der Waals surface area contributed by atoms with E-state index >= 15 is 0 Å². The largest absolute Gasteiger partial charge is 0.311 e. The Balaban J connectivity index is 2.10. The average molecular weight is 330 g/mol. The van der Waals surface area contributed by atoms with E-state index in [-0.39, 0.29) is 28.2 Å². The fraction of sp³-hybridized carbons (Fsp3) is 0.462. The predicted octanol–water partition coefficient (Wildman–Crippen LogP) is 2.86. The summed E-state index contributed by atoms with van der Waals surface area (Å²) in [6.07, 6.45) is 1.42. The second-order valence-corrected chi connectivity index (χ2v) is 6.51. The number of carbonyl (C=O) groups is 1. The van der Waals surface area contributed by atoms with Gasteiger partial charge in [0, 0.05) is 18.5 Å². The first-order chi connectivity index (χ1) is 9.68. The summed E-state index contributed by atoms with van der Waals surface area (Å²) in [4.78, 5) is 15.9. The molecule has 0 bridgehead atoms. The van der Waals surface area contributed by atoms with Crippen molar-refractivity contribution in [2.24, 2.45) is 7.05 Å². The van der Waals surface area contributed by atoms with Crippen molar-refractivity contribution < 1.29 is 4.79 Å². The second kappa shape index (κ2) is 5.69. The highest BCUT2D eigenvalue weighted by molar-refractivity contribution is 6.40. The fourth-order valence-corrected chi connectivity index (χ4v) is 2.05. The van der Waals surface area contributed by atoms with E-state index in [1.807, 2.05) is 6.07 Å². The Labute approximate surface area is 133 Å². The number of nitrogens with one attached hydrogen (secondary N) is 1. The van der Waals surface area contributed by atoms with Gasteiger partial charge in [0.25, 0.3) is 0 Å². The molecule has 21 heavy (non-hydrogen) atoms. The van der Waals surface area contributed by atoms with Crippen LogP contribution in [-0.4, -0.2) is 25.2 Å². The third-order valence-corrected chi connectivity index (χ3v) is 3.73. The van der Waals surface area contributed by atoms with Crippen molar-refractivity contribution in [2.45, 2.75) is 32.7 Å². The summed E-state index contributed by atoms with van der Waals surface area (Å²) in [7, 11) is 1.78. The molecule has 0 unspecified atom stereocenters. The smallest absolute Gasteiger partial charge is 0.245 e. The molecule has 0 radical (unpaired) electrons. The fourth-order valence-electron chi connectivity index (χ4n) is 1.74. The molecule has 0 aliphatic rings. The minimum absolute atomic E-state index is 0.0363. The molecular formula is C13H17Cl2N5O. The van der Waals surface area contributed by atoms with Crippen molar-refractivity contribution in [3.05, 3.63) is 28.4 Å². The molecule has 2 rings (SSSR count). The first-order valence-corrected chi connectivity index (χ1v) is 7.14. The van der Waals surface area contributed by atoms with Gasteiger partial charge < -0.3 is 9.88 Å². The van der Waals surface area contributed by atoms with Crippen LogP contribution in [0.2, 0.25) is 10.3 Å². The number of hydrogen-bond acceptors (Lipinski definition) is 3. The molecule has 0 saturated carbocycles. The van der Waals surface area contributed by atoms with Gasteiger partial charge in [-0.15, -0.1) is 0 Å². The standard InChI is InChI=1S/C13H17Cl2N5O/c1-13(2,3)8-5-9(19(4)18-8)17-10(21)6-20-7-16-11(14)12(20)15/h5,7H,6H2,1-4H3,(H,17,21). The molecule has 8 heteroatoms. The first-order valence-electron chi connectivity index (χ1n) is 6.39. The van der Waals surface area contributed by atoms with Crippen molar-refractivity contribution >= 4 is 34.9 Å². The molecular weight excluding hydrogens is 313 g/mol. The van der Waals surface area contributed by atoms with Crippen molar-refractivity contribution in [3.63, 3.8) is 0 Å². The van der Waals surface area contributed by atoms with Gasteiger partial charge >= 0.3 is 0 Å². The minimum atomic E-state index is -0.227. The summed E-state index contributed by atoms with van der Waals surface area (Å²) < 4.78 is 3.11. The van der Waals surface area contributed by atoms with Crippen LogP contribution in [0.5, 0.6) is 0 Å². The minimum Gasteiger partial charge on any atom is -0.311 e. The lowest BCUT2D eigenvalue weighted by molar-refractivity contribution is -0.116. The molecule has 1 N–H and O–H groups in total. The molecule has 6 nitrogen and oxygen atoms in total. The van der Waals surface area contributed by atoms with Crippen LogP contribution in [0.25, 0.3) is 0 Å². The summed E-state index contributed by atoms with van der Waals surface area (Å²) in [6.45, 7) is 6.23. The number of nitrogens with zero attached hydrogens (tertiary/aromatic N) is 4. The van der Waals surface area contributed by atoms with Crippen molar-refractivity contribution in [1.82, 2.24) is 19.3 Å². The molecule has 2 aromatic heterocycles. The van der Waals surface area contributed by atoms with Gasteiger partial charge in [0.2, 0.25) is 5.91 Å². The van der Waals surface area contributed by atoms with E-state index < -0.39 is 0 Å². The number of halogens is 2. The highest BCUT2D eigenvalue weighted by Crippen LogP contribution is 2.23. The molecule has 0 aliphatic carbocycles. The summed E-state index contributed by atoms with van der Waals surface area (Å²) in [6, 6.07) is 1.86. The van der Waals surface area contributed by atoms with Crippen molar-refractivity contribution in [1.29, 1.82) is 0 Å². The van der Waals surface area contributed by atoms with E-state index in [0.717, 1.165) is 5.69 Å². The topological polar surface area (TPSA) is 64.7 Å². The molecule has 114 valence electrons. The van der Waals surface area contributed by atoms with E-state index in [9.17, 15) is 4.79 Å². The quantitative estimate of drug-likeness (QED) is 0.941. The number of aromatic nitrogens is 4. The van der Waals surface area contributed by atoms with Gasteiger partial charge in [-0.2, -0.15) is 5.10 Å². The van der Waals surface area contributed by atoms with Gasteiger partial charge in [-0.25, -0.2) is 4.98 Å². The van der Waals surface area contributed by atoms with Crippen molar-refractivity contribution in [2.75, 3.05) is 5.32 Å². The van der Waals surface area contributed by atoms with E-state index in [1.165, 1.54) is 10.9 Å². The number of hydrogen-bond donors (Lipinski definition) is 1. The van der Waals surface area contributed by atoms with E-state index in [0.29, 0.717) is 5.82 Å². The molecule has 0 aliphatic heterocycles. The van der Waals surface area contributed by atoms with Crippen LogP contribution in [-0.2, 0) is 23.8 Å². The van der Waals surface area contributed by atoms with Gasteiger partial charge in [-0.1, -0.05) is 44.0 Å². The summed E-state index contributed by atoms with van der Waals surface area (Å²) >= 11 is 11.7. The number of imidazole rings is 1. The summed E-state index contributed by atoms with van der Waals surface area (Å²) in [5.74, 6) is 0.404. The first kappa shape index (κ1) is 15.9. The maximum Gasteiger partial charge on any atom is 0.245 e. The zero-order valence-corrected chi connectivity index (χ0v) is 13.8. The number of aryl methyl sites for hydroxylation is 1. The Morgan fingerprint density at radius 1 is 1.38 bits per heavy atom. The Kier molecular flexibility index (Phi) is 4.30. The lowest BCUT2D eigenvalue weighted by atomic mass is 9.92. The zero-order valence-electron chi connectivity index (χ0n) is 12.3. The van der Waals surface area contributed by atoms with Crippen LogP contribution in [0, 0.1) is 0 Å². The van der Waals surface area contributed by atoms with E-state index in [4.69, 9.17) is 23.2 Å². The molecule has 0 aromatic carbocycles. The van der Waals surface area contributed by atoms with Crippen LogP contribution < -0.4 is 5.32 Å². The second-order valence-electron chi connectivity index (χ2n) is 5.79. The SMILES string of the molecule is Cn1nc(C(C)(C)C)cc1NC(=O)Cn1cnc(Cl)c1Cl. The van der Waals surface area contributed by atoms with Crippen LogP contribution in [0.1, 0.15) is 26.5 Å². The summed E-state index contributed by atoms with van der Waals surface area (Å²) in [5.41, 5.74) is 0.825. The molecule has 2 heterocycles. The Hall–Kier alpha value is -1.53. The maximum atomic E-state index is 12.1. The van der Waals surface area contributed by atoms with Crippen LogP contribution in [0.3, 0.4) is 0 Å². The molecule has 0 saturated heterocycles. The molecule has 2 aromatic rings. The maximum absolute atomic E-state index is 12.1. The predicted molar refractivity (Wildman–Crippen MR) is 82.8 cm³/mol. The van der Waals surface area contributed by atoms with Crippen LogP contribution in [0.15, 0.2) is 12.4 Å². The molecule has 0 spiro atoms. The van der Waals surface area contributed by atoms with Gasteiger partial charge in [-0.05, 0) is 0 Å². The van der Waals surface area contributed by atoms with Crippen LogP contribution in [0.4, 0.5) is 5.82 Å². The number of carbonyl (C=O) groups excluding carboxylic acids is 1. The Morgan fingerprint density at radius 3 is 2.52 bits per heavy atom. The van der Waals surface area contributed by atoms with Gasteiger partial charge in [0.1, 0.15) is 17.5 Å². The summed E-state index contributed by atoms with van der Waals surface area (Å²) in [5, 5.41) is 7.62. The third kappa shape index (κ3) is 3.57. The Bertz CT molecular complexity index is 669. The highest BCUT2D eigenvalue weighted by atomic mass is 35.5. The third-order valence-electron chi connectivity index (χ3n) is 2.96. The number of rotatable bonds is 3. The molecule has 0 atom stereocenters. The van der Waals surface area contributed by atoms with Gasteiger partial charge in [-0.3, -0.25) is 9.48 Å².